The Balaban J connectivity index is 1.26. The Kier molecular flexibility index (Phi) is 8.98. The minimum absolute atomic E-state index is 0.00745. The van der Waals surface area contributed by atoms with Crippen LogP contribution in [0.15, 0.2) is 30.3 Å². The van der Waals surface area contributed by atoms with Crippen molar-refractivity contribution in [2.75, 3.05) is 26.2 Å². The lowest BCUT2D eigenvalue weighted by Gasteiger charge is -2.38. The number of rotatable bonds is 8. The first-order valence-corrected chi connectivity index (χ1v) is 14.9. The monoisotopic (exact) mass is 630 g/mol. The van der Waals surface area contributed by atoms with E-state index in [-0.39, 0.29) is 65.2 Å². The predicted molar refractivity (Wildman–Crippen MR) is 150 cm³/mol. The first-order chi connectivity index (χ1) is 19.8. The number of alkyl halides is 3. The number of likely N-dealkylation sites (tertiary alicyclic amines) is 2. The van der Waals surface area contributed by atoms with Crippen LogP contribution in [0.2, 0.25) is 10.0 Å². The molecule has 0 bridgehead atoms. The van der Waals surface area contributed by atoms with E-state index >= 15 is 4.39 Å². The molecule has 5 rings (SSSR count). The third-order valence-electron chi connectivity index (χ3n) is 8.56. The van der Waals surface area contributed by atoms with E-state index in [4.69, 9.17) is 27.9 Å². The summed E-state index contributed by atoms with van der Waals surface area (Å²) in [5.74, 6) is -2.39. The van der Waals surface area contributed by atoms with Crippen molar-refractivity contribution >= 4 is 35.1 Å². The standard InChI is InChI=1S/C30H32Cl2F4N2O4/c1-16-4-9-38(26(16)29(40)41)28(39)23-13-22(18-2-3-18)25(14-24(23)33)42-15-17-5-7-37(8-6-17)27(30(34,35)36)19-10-20(31)12-21(32)11-19/h10-14,16-18,26-27H,2-9,15H2,1H3,(H,40,41)/t16-,26-,27?/m0/s1. The molecule has 2 aliphatic heterocycles. The van der Waals surface area contributed by atoms with Gasteiger partial charge in [0.2, 0.25) is 0 Å². The predicted octanol–water partition coefficient (Wildman–Crippen LogP) is 7.34. The maximum atomic E-state index is 15.3. The molecule has 0 spiro atoms. The summed E-state index contributed by atoms with van der Waals surface area (Å²) in [5, 5.41) is 9.87. The highest BCUT2D eigenvalue weighted by Gasteiger charge is 2.46. The number of carbonyl (C=O) groups is 2. The summed E-state index contributed by atoms with van der Waals surface area (Å²) in [4.78, 5) is 27.6. The molecule has 1 saturated carbocycles. The number of hydrogen-bond donors (Lipinski definition) is 1. The van der Waals surface area contributed by atoms with Gasteiger partial charge in [-0.15, -0.1) is 0 Å². The Morgan fingerprint density at radius 1 is 1.00 bits per heavy atom. The fourth-order valence-electron chi connectivity index (χ4n) is 6.21. The van der Waals surface area contributed by atoms with Gasteiger partial charge in [0.05, 0.1) is 12.2 Å². The highest BCUT2D eigenvalue weighted by Crippen LogP contribution is 2.46. The Bertz CT molecular complexity index is 1330. The summed E-state index contributed by atoms with van der Waals surface area (Å²) in [5.41, 5.74) is 0.524. The van der Waals surface area contributed by atoms with Crippen molar-refractivity contribution in [1.82, 2.24) is 9.80 Å². The van der Waals surface area contributed by atoms with Gasteiger partial charge in [-0.25, -0.2) is 9.18 Å². The molecule has 12 heteroatoms. The zero-order chi connectivity index (χ0) is 30.3. The largest absolute Gasteiger partial charge is 0.493 e. The summed E-state index contributed by atoms with van der Waals surface area (Å²) < 4.78 is 63.6. The third-order valence-corrected chi connectivity index (χ3v) is 9.00. The normalized spacial score (nSPS) is 22.8. The summed E-state index contributed by atoms with van der Waals surface area (Å²) >= 11 is 12.0. The molecule has 2 aromatic carbocycles. The molecule has 1 N–H and O–H groups in total. The molecule has 228 valence electrons. The van der Waals surface area contributed by atoms with Crippen molar-refractivity contribution < 1.29 is 37.0 Å². The molecule has 42 heavy (non-hydrogen) atoms. The number of nitrogens with zero attached hydrogens (tertiary/aromatic N) is 2. The first kappa shape index (κ1) is 30.9. The number of piperidine rings is 1. The molecular weight excluding hydrogens is 599 g/mol. The minimum Gasteiger partial charge on any atom is -0.493 e. The molecule has 1 aliphatic carbocycles. The van der Waals surface area contributed by atoms with Crippen LogP contribution < -0.4 is 4.74 Å². The van der Waals surface area contributed by atoms with E-state index < -0.39 is 36.0 Å². The van der Waals surface area contributed by atoms with E-state index in [1.165, 1.54) is 40.1 Å². The van der Waals surface area contributed by atoms with Gasteiger partial charge in [0.1, 0.15) is 23.7 Å². The van der Waals surface area contributed by atoms with Crippen LogP contribution in [0, 0.1) is 17.7 Å². The molecule has 2 aromatic rings. The van der Waals surface area contributed by atoms with Gasteiger partial charge in [0.15, 0.2) is 0 Å². The number of carboxylic acid groups (broad SMARTS) is 1. The fourth-order valence-corrected chi connectivity index (χ4v) is 6.75. The van der Waals surface area contributed by atoms with Crippen molar-refractivity contribution in [3.8, 4) is 5.75 Å². The molecule has 1 amide bonds. The second kappa shape index (κ2) is 12.2. The second-order valence-electron chi connectivity index (χ2n) is 11.6. The SMILES string of the molecule is C[C@H]1CCN(C(=O)c2cc(C3CC3)c(OCC3CCN(C(c4cc(Cl)cc(Cl)c4)C(F)(F)F)CC3)cc2F)[C@@H]1C(=O)O. The van der Waals surface area contributed by atoms with Crippen LogP contribution in [-0.2, 0) is 4.79 Å². The average Bonchev–Trinajstić information content (AvgIpc) is 3.67. The summed E-state index contributed by atoms with van der Waals surface area (Å²) in [6.07, 6.45) is -1.39. The van der Waals surface area contributed by atoms with Gasteiger partial charge >= 0.3 is 12.1 Å². The third kappa shape index (κ3) is 6.65. The van der Waals surface area contributed by atoms with Gasteiger partial charge in [-0.2, -0.15) is 13.2 Å². The van der Waals surface area contributed by atoms with Crippen LogP contribution in [0.1, 0.15) is 72.5 Å². The van der Waals surface area contributed by atoms with E-state index in [2.05, 4.69) is 0 Å². The van der Waals surface area contributed by atoms with Crippen LogP contribution in [0.3, 0.4) is 0 Å². The van der Waals surface area contributed by atoms with Gasteiger partial charge in [0, 0.05) is 22.7 Å². The summed E-state index contributed by atoms with van der Waals surface area (Å²) in [6.45, 7) is 2.56. The number of amides is 1. The van der Waals surface area contributed by atoms with Gasteiger partial charge in [0.25, 0.3) is 5.91 Å². The number of aliphatic carboxylic acids is 1. The molecule has 2 saturated heterocycles. The Morgan fingerprint density at radius 2 is 1.64 bits per heavy atom. The van der Waals surface area contributed by atoms with Crippen LogP contribution >= 0.6 is 23.2 Å². The zero-order valence-corrected chi connectivity index (χ0v) is 24.5. The van der Waals surface area contributed by atoms with Crippen LogP contribution in [0.5, 0.6) is 5.75 Å². The van der Waals surface area contributed by atoms with E-state index in [0.29, 0.717) is 30.6 Å². The van der Waals surface area contributed by atoms with E-state index in [9.17, 15) is 27.9 Å². The lowest BCUT2D eigenvalue weighted by molar-refractivity contribution is -0.190. The molecule has 2 heterocycles. The lowest BCUT2D eigenvalue weighted by Crippen LogP contribution is -2.44. The number of carboxylic acids is 1. The van der Waals surface area contributed by atoms with Crippen LogP contribution in [0.4, 0.5) is 17.6 Å². The van der Waals surface area contributed by atoms with Gasteiger partial charge in [-0.05, 0) is 98.3 Å². The number of hydrogen-bond acceptors (Lipinski definition) is 4. The lowest BCUT2D eigenvalue weighted by atomic mass is 9.94. The number of carbonyl (C=O) groups excluding carboxylic acids is 1. The van der Waals surface area contributed by atoms with E-state index in [1.807, 2.05) is 0 Å². The highest BCUT2D eigenvalue weighted by molar-refractivity contribution is 6.34. The smallest absolute Gasteiger partial charge is 0.408 e. The summed E-state index contributed by atoms with van der Waals surface area (Å²) in [6, 6.07) is 3.80. The molecule has 3 fully saturated rings. The van der Waals surface area contributed by atoms with Crippen molar-refractivity contribution in [2.45, 2.75) is 63.2 Å². The maximum Gasteiger partial charge on any atom is 0.408 e. The highest BCUT2D eigenvalue weighted by atomic mass is 35.5. The zero-order valence-electron chi connectivity index (χ0n) is 23.0. The minimum atomic E-state index is -4.52. The van der Waals surface area contributed by atoms with Gasteiger partial charge in [-0.3, -0.25) is 9.69 Å². The molecule has 6 nitrogen and oxygen atoms in total. The van der Waals surface area contributed by atoms with Crippen molar-refractivity contribution in [2.24, 2.45) is 11.8 Å². The average molecular weight is 631 g/mol. The number of ether oxygens (including phenoxy) is 1. The molecule has 0 radical (unpaired) electrons. The number of benzene rings is 2. The Hall–Kier alpha value is -2.56. The van der Waals surface area contributed by atoms with Crippen molar-refractivity contribution in [3.63, 3.8) is 0 Å². The first-order valence-electron chi connectivity index (χ1n) is 14.1. The van der Waals surface area contributed by atoms with Crippen molar-refractivity contribution in [1.29, 1.82) is 0 Å². The van der Waals surface area contributed by atoms with Crippen LogP contribution in [0.25, 0.3) is 0 Å². The van der Waals surface area contributed by atoms with E-state index in [1.54, 1.807) is 6.92 Å². The van der Waals surface area contributed by atoms with Crippen LogP contribution in [-0.4, -0.2) is 65.2 Å². The van der Waals surface area contributed by atoms with E-state index in [0.717, 1.165) is 12.8 Å². The number of halogens is 6. The summed E-state index contributed by atoms with van der Waals surface area (Å²) in [7, 11) is 0. The Labute approximate surface area is 251 Å². The molecule has 0 aromatic heterocycles. The van der Waals surface area contributed by atoms with Gasteiger partial charge < -0.3 is 14.7 Å². The molecule has 1 unspecified atom stereocenters. The van der Waals surface area contributed by atoms with Gasteiger partial charge in [-0.1, -0.05) is 30.1 Å². The maximum absolute atomic E-state index is 15.3. The molecule has 3 aliphatic rings. The van der Waals surface area contributed by atoms with Crippen molar-refractivity contribution in [3.05, 3.63) is 62.9 Å². The molecule has 3 atom stereocenters. The second-order valence-corrected chi connectivity index (χ2v) is 12.5. The Morgan fingerprint density at radius 3 is 2.21 bits per heavy atom. The fraction of sp³-hybridized carbons (Fsp3) is 0.533. The molecular formula is C30H32Cl2F4N2O4. The topological polar surface area (TPSA) is 70.1 Å². The quantitative estimate of drug-likeness (QED) is 0.309.